The van der Waals surface area contributed by atoms with Gasteiger partial charge >= 0.3 is 0 Å². The van der Waals surface area contributed by atoms with Crippen molar-refractivity contribution in [3.63, 3.8) is 0 Å². The Kier molecular flexibility index (Phi) is 4.56. The molecule has 2 heterocycles. The summed E-state index contributed by atoms with van der Waals surface area (Å²) >= 11 is 1.61. The normalized spacial score (nSPS) is 20.2. The van der Waals surface area contributed by atoms with Crippen molar-refractivity contribution >= 4 is 11.8 Å². The maximum absolute atomic E-state index is 5.67. The number of rotatable bonds is 5. The topological polar surface area (TPSA) is 47.0 Å². The quantitative estimate of drug-likeness (QED) is 0.788. The van der Waals surface area contributed by atoms with E-state index in [0.29, 0.717) is 12.6 Å². The first-order valence-electron chi connectivity index (χ1n) is 5.55. The first kappa shape index (κ1) is 11.8. The Labute approximate surface area is 100 Å². The van der Waals surface area contributed by atoms with Gasteiger partial charge < -0.3 is 10.1 Å². The summed E-state index contributed by atoms with van der Waals surface area (Å²) < 4.78 is 5.67. The van der Waals surface area contributed by atoms with E-state index >= 15 is 0 Å². The lowest BCUT2D eigenvalue weighted by Crippen LogP contribution is -2.26. The third-order valence-electron chi connectivity index (χ3n) is 2.65. The predicted molar refractivity (Wildman–Crippen MR) is 64.5 cm³/mol. The lowest BCUT2D eigenvalue weighted by atomic mass is 10.2. The molecule has 5 heteroatoms. The third-order valence-corrected chi connectivity index (χ3v) is 3.38. The minimum Gasteiger partial charge on any atom is -0.373 e. The summed E-state index contributed by atoms with van der Waals surface area (Å²) in [6, 6.07) is 0.523. The SMILES string of the molecule is CSc1nccnc1COCC1CCCN1. The van der Waals surface area contributed by atoms with Gasteiger partial charge in [-0.05, 0) is 25.6 Å². The molecule has 1 aromatic heterocycles. The van der Waals surface area contributed by atoms with Gasteiger partial charge in [0.1, 0.15) is 5.03 Å². The van der Waals surface area contributed by atoms with Crippen LogP contribution in [0.1, 0.15) is 18.5 Å². The van der Waals surface area contributed by atoms with Gasteiger partial charge in [-0.1, -0.05) is 0 Å². The first-order chi connectivity index (χ1) is 7.90. The molecule has 1 aliphatic rings. The molecule has 1 aliphatic heterocycles. The molecule has 4 nitrogen and oxygen atoms in total. The molecule has 0 aliphatic carbocycles. The number of nitrogens with one attached hydrogen (secondary N) is 1. The van der Waals surface area contributed by atoms with Gasteiger partial charge in [-0.3, -0.25) is 4.98 Å². The number of hydrogen-bond donors (Lipinski definition) is 1. The second kappa shape index (κ2) is 6.18. The molecular weight excluding hydrogens is 222 g/mol. The molecule has 1 fully saturated rings. The Bertz CT molecular complexity index is 329. The summed E-state index contributed by atoms with van der Waals surface area (Å²) in [5.41, 5.74) is 0.938. The van der Waals surface area contributed by atoms with Gasteiger partial charge in [-0.15, -0.1) is 11.8 Å². The van der Waals surface area contributed by atoms with E-state index < -0.39 is 0 Å². The monoisotopic (exact) mass is 239 g/mol. The van der Waals surface area contributed by atoms with Crippen LogP contribution in [0.4, 0.5) is 0 Å². The molecule has 0 spiro atoms. The van der Waals surface area contributed by atoms with Crippen molar-refractivity contribution < 1.29 is 4.74 Å². The lowest BCUT2D eigenvalue weighted by molar-refractivity contribution is 0.0990. The highest BCUT2D eigenvalue weighted by molar-refractivity contribution is 7.98. The summed E-state index contributed by atoms with van der Waals surface area (Å²) in [5.74, 6) is 0. The molecule has 0 aromatic carbocycles. The Balaban J connectivity index is 1.79. The molecule has 2 rings (SSSR count). The van der Waals surface area contributed by atoms with Crippen LogP contribution in [0.25, 0.3) is 0 Å². The van der Waals surface area contributed by atoms with E-state index in [-0.39, 0.29) is 0 Å². The lowest BCUT2D eigenvalue weighted by Gasteiger charge is -2.11. The van der Waals surface area contributed by atoms with Crippen LogP contribution in [0.5, 0.6) is 0 Å². The van der Waals surface area contributed by atoms with Crippen LogP contribution in [0.15, 0.2) is 17.4 Å². The highest BCUT2D eigenvalue weighted by Crippen LogP contribution is 2.15. The van der Waals surface area contributed by atoms with Gasteiger partial charge in [-0.25, -0.2) is 4.98 Å². The maximum Gasteiger partial charge on any atom is 0.120 e. The third kappa shape index (κ3) is 3.17. The highest BCUT2D eigenvalue weighted by Gasteiger charge is 2.14. The first-order valence-corrected chi connectivity index (χ1v) is 6.77. The Morgan fingerprint density at radius 2 is 2.38 bits per heavy atom. The summed E-state index contributed by atoms with van der Waals surface area (Å²) in [6.45, 7) is 2.45. The highest BCUT2D eigenvalue weighted by atomic mass is 32.2. The van der Waals surface area contributed by atoms with Gasteiger partial charge in [0.15, 0.2) is 0 Å². The second-order valence-corrected chi connectivity index (χ2v) is 4.62. The van der Waals surface area contributed by atoms with E-state index in [1.54, 1.807) is 24.2 Å². The van der Waals surface area contributed by atoms with E-state index in [0.717, 1.165) is 23.9 Å². The molecule has 16 heavy (non-hydrogen) atoms. The summed E-state index contributed by atoms with van der Waals surface area (Å²) in [6.07, 6.45) is 7.91. The van der Waals surface area contributed by atoms with Gasteiger partial charge in [0.25, 0.3) is 0 Å². The van der Waals surface area contributed by atoms with Crippen molar-refractivity contribution in [3.8, 4) is 0 Å². The zero-order valence-electron chi connectivity index (χ0n) is 9.48. The van der Waals surface area contributed by atoms with Crippen molar-refractivity contribution in [3.05, 3.63) is 18.1 Å². The molecule has 0 saturated carbocycles. The zero-order chi connectivity index (χ0) is 11.2. The fourth-order valence-corrected chi connectivity index (χ4v) is 2.33. The van der Waals surface area contributed by atoms with Gasteiger partial charge in [-0.2, -0.15) is 0 Å². The van der Waals surface area contributed by atoms with Crippen LogP contribution in [-0.2, 0) is 11.3 Å². The molecule has 1 N–H and O–H groups in total. The van der Waals surface area contributed by atoms with Crippen LogP contribution < -0.4 is 5.32 Å². The summed E-state index contributed by atoms with van der Waals surface area (Å²) in [4.78, 5) is 8.54. The molecule has 0 amide bonds. The largest absolute Gasteiger partial charge is 0.373 e. The van der Waals surface area contributed by atoms with E-state index in [1.807, 2.05) is 6.26 Å². The van der Waals surface area contributed by atoms with Crippen molar-refractivity contribution in [2.24, 2.45) is 0 Å². The molecule has 88 valence electrons. The zero-order valence-corrected chi connectivity index (χ0v) is 10.3. The van der Waals surface area contributed by atoms with Gasteiger partial charge in [0.2, 0.25) is 0 Å². The average molecular weight is 239 g/mol. The number of aromatic nitrogens is 2. The standard InChI is InChI=1S/C11H17N3OS/c1-16-11-10(13-5-6-14-11)8-15-7-9-3-2-4-12-9/h5-6,9,12H,2-4,7-8H2,1H3. The number of ether oxygens (including phenoxy) is 1. The van der Waals surface area contributed by atoms with Crippen molar-refractivity contribution in [2.45, 2.75) is 30.5 Å². The van der Waals surface area contributed by atoms with E-state index in [4.69, 9.17) is 4.74 Å². The smallest absolute Gasteiger partial charge is 0.120 e. The molecule has 1 aromatic rings. The Morgan fingerprint density at radius 1 is 1.50 bits per heavy atom. The molecule has 0 bridgehead atoms. The summed E-state index contributed by atoms with van der Waals surface area (Å²) in [5, 5.41) is 4.37. The predicted octanol–water partition coefficient (Wildman–Crippen LogP) is 1.47. The van der Waals surface area contributed by atoms with E-state index in [2.05, 4.69) is 15.3 Å². The van der Waals surface area contributed by atoms with E-state index in [1.165, 1.54) is 12.8 Å². The molecule has 1 saturated heterocycles. The maximum atomic E-state index is 5.67. The van der Waals surface area contributed by atoms with Gasteiger partial charge in [0, 0.05) is 18.4 Å². The molecule has 0 radical (unpaired) electrons. The van der Waals surface area contributed by atoms with Crippen LogP contribution in [0.2, 0.25) is 0 Å². The number of thioether (sulfide) groups is 1. The van der Waals surface area contributed by atoms with Crippen molar-refractivity contribution in [1.29, 1.82) is 0 Å². The van der Waals surface area contributed by atoms with E-state index in [9.17, 15) is 0 Å². The molecule has 1 atom stereocenters. The van der Waals surface area contributed by atoms with Crippen LogP contribution in [-0.4, -0.2) is 35.4 Å². The van der Waals surface area contributed by atoms with Gasteiger partial charge in [0.05, 0.1) is 18.9 Å². The van der Waals surface area contributed by atoms with Crippen LogP contribution in [0.3, 0.4) is 0 Å². The number of hydrogen-bond acceptors (Lipinski definition) is 5. The van der Waals surface area contributed by atoms with Crippen molar-refractivity contribution in [2.75, 3.05) is 19.4 Å². The molecular formula is C11H17N3OS. The fraction of sp³-hybridized carbons (Fsp3) is 0.636. The molecule has 1 unspecified atom stereocenters. The number of nitrogens with zero attached hydrogens (tertiary/aromatic N) is 2. The summed E-state index contributed by atoms with van der Waals surface area (Å²) in [7, 11) is 0. The fourth-order valence-electron chi connectivity index (χ4n) is 1.82. The minimum atomic E-state index is 0.523. The van der Waals surface area contributed by atoms with Crippen molar-refractivity contribution in [1.82, 2.24) is 15.3 Å². The van der Waals surface area contributed by atoms with Crippen LogP contribution >= 0.6 is 11.8 Å². The Morgan fingerprint density at radius 3 is 3.12 bits per heavy atom. The average Bonchev–Trinajstić information content (AvgIpc) is 2.83. The second-order valence-electron chi connectivity index (χ2n) is 3.82. The minimum absolute atomic E-state index is 0.523. The van der Waals surface area contributed by atoms with Crippen LogP contribution in [0, 0.1) is 0 Å². The Hall–Kier alpha value is -0.650.